The van der Waals surface area contributed by atoms with Crippen LogP contribution in [0.3, 0.4) is 0 Å². The van der Waals surface area contributed by atoms with Crippen molar-refractivity contribution in [3.63, 3.8) is 0 Å². The average molecular weight is 445 g/mol. The highest BCUT2D eigenvalue weighted by Crippen LogP contribution is 2.30. The van der Waals surface area contributed by atoms with Crippen LogP contribution in [0, 0.1) is 6.92 Å². The van der Waals surface area contributed by atoms with E-state index in [0.717, 1.165) is 42.4 Å². The largest absolute Gasteiger partial charge is 0.496 e. The van der Waals surface area contributed by atoms with E-state index in [2.05, 4.69) is 16.9 Å². The first kappa shape index (κ1) is 25.4. The number of hydrogen-bond donors (Lipinski definition) is 2. The first-order valence-electron chi connectivity index (χ1n) is 11.3. The molecule has 0 bridgehead atoms. The Balaban J connectivity index is 2.38. The van der Waals surface area contributed by atoms with Crippen LogP contribution in [0.4, 0.5) is 11.8 Å². The number of nitrogen functional groups attached to an aromatic ring is 1. The van der Waals surface area contributed by atoms with Crippen LogP contribution in [0.15, 0.2) is 18.2 Å². The number of benzene rings is 1. The molecule has 1 heterocycles. The van der Waals surface area contributed by atoms with Crippen LogP contribution >= 0.6 is 0 Å². The Bertz CT molecular complexity index is 904. The maximum absolute atomic E-state index is 11.8. The van der Waals surface area contributed by atoms with Crippen LogP contribution in [0.25, 0.3) is 0 Å². The number of esters is 1. The van der Waals surface area contributed by atoms with Gasteiger partial charge in [0.25, 0.3) is 0 Å². The standard InChI is InChI=1S/C24H36N4O4/c1-6-9-10-19(7-2)28(30)23-20(16(4)26-24(25)27-23)15-18-12-11-17(13-21(18)31-5)14-22(29)32-8-3/h11-13,19,30H,6-10,14-15H2,1-5H3,(H2,25,26,27). The summed E-state index contributed by atoms with van der Waals surface area (Å²) in [6, 6.07) is 5.58. The molecule has 0 saturated carbocycles. The second kappa shape index (κ2) is 12.2. The molecule has 0 amide bonds. The molecule has 0 saturated heterocycles. The topological polar surface area (TPSA) is 111 Å². The molecule has 2 rings (SSSR count). The van der Waals surface area contributed by atoms with Gasteiger partial charge in [0.2, 0.25) is 5.95 Å². The molecule has 2 aromatic rings. The molecule has 0 aliphatic heterocycles. The van der Waals surface area contributed by atoms with Gasteiger partial charge in [-0.15, -0.1) is 0 Å². The van der Waals surface area contributed by atoms with Crippen LogP contribution < -0.4 is 15.5 Å². The summed E-state index contributed by atoms with van der Waals surface area (Å²) in [6.07, 6.45) is 4.34. The fourth-order valence-electron chi connectivity index (χ4n) is 3.72. The van der Waals surface area contributed by atoms with Gasteiger partial charge in [-0.05, 0) is 43.9 Å². The zero-order chi connectivity index (χ0) is 23.7. The van der Waals surface area contributed by atoms with Gasteiger partial charge in [0.15, 0.2) is 5.82 Å². The van der Waals surface area contributed by atoms with Gasteiger partial charge in [0, 0.05) is 17.7 Å². The molecule has 1 unspecified atom stereocenters. The second-order valence-corrected chi connectivity index (χ2v) is 7.82. The predicted molar refractivity (Wildman–Crippen MR) is 125 cm³/mol. The lowest BCUT2D eigenvalue weighted by Crippen LogP contribution is -2.34. The van der Waals surface area contributed by atoms with Crippen LogP contribution in [-0.4, -0.2) is 40.9 Å². The summed E-state index contributed by atoms with van der Waals surface area (Å²) in [5.74, 6) is 0.926. The molecule has 1 aromatic heterocycles. The number of hydroxylamine groups is 1. The minimum Gasteiger partial charge on any atom is -0.496 e. The number of nitrogens with zero attached hydrogens (tertiary/aromatic N) is 3. The SMILES string of the molecule is CCCCC(CC)N(O)c1nc(N)nc(C)c1Cc1ccc(CC(=O)OCC)cc1OC. The monoisotopic (exact) mass is 444 g/mol. The normalized spacial score (nSPS) is 11.8. The lowest BCUT2D eigenvalue weighted by molar-refractivity contribution is -0.142. The Hall–Kier alpha value is -2.87. The van der Waals surface area contributed by atoms with Crippen LogP contribution in [-0.2, 0) is 22.4 Å². The summed E-state index contributed by atoms with van der Waals surface area (Å²) in [5, 5.41) is 12.3. The van der Waals surface area contributed by atoms with E-state index >= 15 is 0 Å². The first-order chi connectivity index (χ1) is 15.3. The van der Waals surface area contributed by atoms with E-state index in [1.54, 1.807) is 14.0 Å². The molecule has 1 atom stereocenters. The highest BCUT2D eigenvalue weighted by Gasteiger charge is 2.23. The molecular formula is C24H36N4O4. The van der Waals surface area contributed by atoms with Gasteiger partial charge in [-0.25, -0.2) is 10.0 Å². The summed E-state index contributed by atoms with van der Waals surface area (Å²) < 4.78 is 10.6. The van der Waals surface area contributed by atoms with Gasteiger partial charge in [-0.2, -0.15) is 4.98 Å². The average Bonchev–Trinajstić information content (AvgIpc) is 2.76. The Morgan fingerprint density at radius 1 is 1.25 bits per heavy atom. The van der Waals surface area contributed by atoms with Crippen molar-refractivity contribution in [2.75, 3.05) is 24.5 Å². The first-order valence-corrected chi connectivity index (χ1v) is 11.3. The summed E-state index contributed by atoms with van der Waals surface area (Å²) in [7, 11) is 1.59. The van der Waals surface area contributed by atoms with E-state index in [1.165, 1.54) is 5.06 Å². The van der Waals surface area contributed by atoms with Crippen molar-refractivity contribution in [2.45, 2.75) is 72.3 Å². The number of unbranched alkanes of at least 4 members (excludes halogenated alkanes) is 1. The third kappa shape index (κ3) is 6.56. The third-order valence-corrected chi connectivity index (χ3v) is 5.51. The summed E-state index contributed by atoms with van der Waals surface area (Å²) in [4.78, 5) is 20.5. The quantitative estimate of drug-likeness (QED) is 0.369. The van der Waals surface area contributed by atoms with E-state index in [0.29, 0.717) is 30.3 Å². The van der Waals surface area contributed by atoms with Crippen molar-refractivity contribution in [1.29, 1.82) is 0 Å². The fourth-order valence-corrected chi connectivity index (χ4v) is 3.72. The number of ether oxygens (including phenoxy) is 2. The molecule has 176 valence electrons. The van der Waals surface area contributed by atoms with E-state index < -0.39 is 0 Å². The van der Waals surface area contributed by atoms with E-state index in [9.17, 15) is 10.0 Å². The molecule has 0 fully saturated rings. The maximum atomic E-state index is 11.8. The fraction of sp³-hybridized carbons (Fsp3) is 0.542. The van der Waals surface area contributed by atoms with Crippen molar-refractivity contribution >= 4 is 17.7 Å². The highest BCUT2D eigenvalue weighted by molar-refractivity contribution is 5.72. The Labute approximate surface area is 190 Å². The predicted octanol–water partition coefficient (Wildman–Crippen LogP) is 4.24. The molecular weight excluding hydrogens is 408 g/mol. The number of hydrogen-bond acceptors (Lipinski definition) is 8. The zero-order valence-electron chi connectivity index (χ0n) is 19.9. The molecule has 0 aliphatic carbocycles. The van der Waals surface area contributed by atoms with Gasteiger partial charge < -0.3 is 15.2 Å². The lowest BCUT2D eigenvalue weighted by Gasteiger charge is -2.28. The molecule has 1 aromatic carbocycles. The molecule has 0 spiro atoms. The van der Waals surface area contributed by atoms with Crippen molar-refractivity contribution in [3.05, 3.63) is 40.6 Å². The number of anilines is 2. The second-order valence-electron chi connectivity index (χ2n) is 7.82. The summed E-state index contributed by atoms with van der Waals surface area (Å²) in [6.45, 7) is 8.17. The highest BCUT2D eigenvalue weighted by atomic mass is 16.5. The van der Waals surface area contributed by atoms with Crippen molar-refractivity contribution < 1.29 is 19.5 Å². The van der Waals surface area contributed by atoms with Gasteiger partial charge in [0.05, 0.1) is 26.2 Å². The molecule has 0 aliphatic rings. The number of carbonyl (C=O) groups is 1. The van der Waals surface area contributed by atoms with Gasteiger partial charge >= 0.3 is 5.97 Å². The molecule has 8 nitrogen and oxygen atoms in total. The zero-order valence-corrected chi connectivity index (χ0v) is 19.9. The molecule has 0 radical (unpaired) electrons. The van der Waals surface area contributed by atoms with Crippen LogP contribution in [0.1, 0.15) is 68.8 Å². The number of aryl methyl sites for hydroxylation is 1. The van der Waals surface area contributed by atoms with Gasteiger partial charge in [-0.3, -0.25) is 10.0 Å². The van der Waals surface area contributed by atoms with Gasteiger partial charge in [0.1, 0.15) is 5.75 Å². The van der Waals surface area contributed by atoms with E-state index in [1.807, 2.05) is 32.0 Å². The molecule has 3 N–H and O–H groups in total. The Morgan fingerprint density at radius 3 is 2.62 bits per heavy atom. The number of nitrogens with two attached hydrogens (primary N) is 1. The van der Waals surface area contributed by atoms with Gasteiger partial charge in [-0.1, -0.05) is 38.8 Å². The summed E-state index contributed by atoms with van der Waals surface area (Å²) in [5.41, 5.74) is 9.11. The Morgan fingerprint density at radius 2 is 2.00 bits per heavy atom. The molecule has 8 heteroatoms. The van der Waals surface area contributed by atoms with E-state index in [4.69, 9.17) is 15.2 Å². The van der Waals surface area contributed by atoms with Crippen LogP contribution in [0.2, 0.25) is 0 Å². The minimum absolute atomic E-state index is 0.0590. The van der Waals surface area contributed by atoms with Crippen molar-refractivity contribution in [1.82, 2.24) is 9.97 Å². The number of carbonyl (C=O) groups excluding carboxylic acids is 1. The number of methoxy groups -OCH3 is 1. The molecule has 32 heavy (non-hydrogen) atoms. The van der Waals surface area contributed by atoms with Crippen molar-refractivity contribution in [3.8, 4) is 5.75 Å². The number of rotatable bonds is 12. The minimum atomic E-state index is -0.277. The summed E-state index contributed by atoms with van der Waals surface area (Å²) >= 11 is 0. The smallest absolute Gasteiger partial charge is 0.310 e. The lowest BCUT2D eigenvalue weighted by atomic mass is 9.99. The maximum Gasteiger partial charge on any atom is 0.310 e. The third-order valence-electron chi connectivity index (χ3n) is 5.51. The Kier molecular flexibility index (Phi) is 9.71. The van der Waals surface area contributed by atoms with Crippen molar-refractivity contribution in [2.24, 2.45) is 0 Å². The van der Waals surface area contributed by atoms with Crippen LogP contribution in [0.5, 0.6) is 5.75 Å². The van der Waals surface area contributed by atoms with E-state index in [-0.39, 0.29) is 24.4 Å². The number of aromatic nitrogens is 2.